The van der Waals surface area contributed by atoms with Crippen molar-refractivity contribution in [3.8, 4) is 11.4 Å². The van der Waals surface area contributed by atoms with Crippen molar-refractivity contribution in [3.05, 3.63) is 151 Å². The van der Waals surface area contributed by atoms with Crippen LogP contribution in [0, 0.1) is 45.6 Å². The van der Waals surface area contributed by atoms with Crippen LogP contribution >= 0.6 is 25.0 Å². The summed E-state index contributed by atoms with van der Waals surface area (Å²) < 4.78 is 7.75. The number of benzene rings is 4. The molecule has 3 saturated carbocycles. The normalized spacial score (nSPS) is 19.5. The molecule has 0 unspecified atom stereocenters. The van der Waals surface area contributed by atoms with E-state index < -0.39 is 15.8 Å². The topological polar surface area (TPSA) is 9.86 Å². The molecule has 321 valence electrons. The molecule has 0 amide bonds. The molecule has 0 spiro atoms. The van der Waals surface area contributed by atoms with Crippen LogP contribution in [-0.2, 0) is 10.2 Å². The average Bonchev–Trinajstić information content (AvgIpc) is 3.86. The Morgan fingerprint density at radius 1 is 0.500 bits per heavy atom. The van der Waals surface area contributed by atoms with Crippen LogP contribution in [0.2, 0.25) is 0 Å². The third-order valence-electron chi connectivity index (χ3n) is 15.1. The zero-order valence-corrected chi connectivity index (χ0v) is 41.3. The van der Waals surface area contributed by atoms with E-state index in [1.54, 1.807) is 0 Å². The standard InChI is InChI=1S/C21H24N2.C18H33P.C15H10.2ClH.Ru/c1-14-9-16(3)20(17(4)10-14)22-7-8-23(13-22)21-18(5)11-15(2)12-19(21)6;1-4-10-16(11-5-1)19(17-12-6-2-7-13-17)18-14-8-3-9-15-18;1-2-6-12(7-3-1)15-11-10-13-8-4-5-9-14(13)15;;;/h7-12H,1-6H3;16-18H,1-15H2;1-9,11H;2*1H;/q;;;;;+1/p-1. The fraction of sp³-hybridized carbons (Fsp3) is 0.444. The summed E-state index contributed by atoms with van der Waals surface area (Å²) in [4.78, 5) is 0. The number of rotatable bonds is 7. The summed E-state index contributed by atoms with van der Waals surface area (Å²) in [5.74, 6) is 0. The Balaban J connectivity index is 1.66. The maximum absolute atomic E-state index is 10.0. The molecule has 1 aromatic heterocycles. The third-order valence-corrected chi connectivity index (χ3v) is 53.9. The summed E-state index contributed by atoms with van der Waals surface area (Å²) in [5.41, 5.74) is 14.2. The van der Waals surface area contributed by atoms with Gasteiger partial charge in [-0.05, 0) is 0 Å². The van der Waals surface area contributed by atoms with Crippen molar-refractivity contribution in [2.75, 3.05) is 0 Å². The van der Waals surface area contributed by atoms with Crippen molar-refractivity contribution < 1.29 is 10.2 Å². The Morgan fingerprint density at radius 3 is 1.30 bits per heavy atom. The molecule has 2 nitrogen and oxygen atoms in total. The van der Waals surface area contributed by atoms with E-state index in [1.807, 2.05) is 0 Å². The third kappa shape index (κ3) is 6.77. The zero-order chi connectivity index (χ0) is 41.8. The van der Waals surface area contributed by atoms with E-state index in [4.69, 9.17) is 0 Å². The Labute approximate surface area is 369 Å². The molecule has 0 aliphatic heterocycles. The van der Waals surface area contributed by atoms with Crippen molar-refractivity contribution in [3.63, 3.8) is 0 Å². The Morgan fingerprint density at radius 2 is 0.883 bits per heavy atom. The summed E-state index contributed by atoms with van der Waals surface area (Å²) in [6.07, 6.45) is 26.9. The molecule has 4 aliphatic carbocycles. The van der Waals surface area contributed by atoms with Crippen molar-refractivity contribution in [1.82, 2.24) is 9.13 Å². The van der Waals surface area contributed by atoms with E-state index >= 15 is 0 Å². The molecule has 0 saturated heterocycles. The zero-order valence-electron chi connectivity index (χ0n) is 37.1. The monoisotopic (exact) mass is 947 g/mol. The molecule has 9 rings (SSSR count). The second-order valence-corrected chi connectivity index (χ2v) is 46.9. The van der Waals surface area contributed by atoms with Crippen LogP contribution in [-0.4, -0.2) is 30.2 Å². The first kappa shape index (κ1) is 42.6. The maximum atomic E-state index is 10.0. The minimum absolute atomic E-state index is 0.587. The number of allylic oxidation sites excluding steroid dienone is 1. The van der Waals surface area contributed by atoms with Crippen LogP contribution in [0.25, 0.3) is 16.9 Å². The molecule has 4 aliphatic rings. The molecule has 3 fully saturated rings. The molecule has 5 aromatic rings. The number of hydrogen-bond donors (Lipinski definition) is 0. The van der Waals surface area contributed by atoms with Crippen LogP contribution < -0.4 is 0 Å². The fourth-order valence-electron chi connectivity index (χ4n) is 13.2. The number of aromatic nitrogens is 2. The van der Waals surface area contributed by atoms with Crippen LogP contribution in [0.3, 0.4) is 0 Å². The molecule has 0 atom stereocenters. The van der Waals surface area contributed by atoms with Gasteiger partial charge >= 0.3 is 372 Å². The van der Waals surface area contributed by atoms with Gasteiger partial charge in [-0.1, -0.05) is 0 Å². The van der Waals surface area contributed by atoms with Gasteiger partial charge in [-0.2, -0.15) is 0 Å². The van der Waals surface area contributed by atoms with Gasteiger partial charge in [0.2, 0.25) is 0 Å². The summed E-state index contributed by atoms with van der Waals surface area (Å²) in [6, 6.07) is 29.9. The van der Waals surface area contributed by atoms with Gasteiger partial charge in [0.25, 0.3) is 0 Å². The van der Waals surface area contributed by atoms with E-state index in [0.29, 0.717) is 17.0 Å². The molecule has 1 heterocycles. The number of nitrogens with zero attached hydrogens (tertiary/aromatic N) is 2. The number of halogens is 2. The van der Waals surface area contributed by atoms with Gasteiger partial charge in [-0.25, -0.2) is 0 Å². The first-order valence-electron chi connectivity index (χ1n) is 23.2. The molecular formula is C54H68Cl2N2PRu. The van der Waals surface area contributed by atoms with Gasteiger partial charge in [-0.15, -0.1) is 0 Å². The molecule has 60 heavy (non-hydrogen) atoms. The van der Waals surface area contributed by atoms with Crippen molar-refractivity contribution in [2.24, 2.45) is 0 Å². The molecule has 0 N–H and O–H groups in total. The SMILES string of the molecule is Cc1cc(C)c(-n2ccn(-c3c(C)cc(C)cc3C)[c]2=[Ru]([Cl])([Cl])(=[C]2C=C(c3ccccc3)c3ccccc32)[PH](C2CCCCC2)(C2CCCCC2)C2CCCCC2)c(C)c1. The molecule has 6 heteroatoms. The van der Waals surface area contributed by atoms with Crippen LogP contribution in [0.1, 0.15) is 146 Å². The number of fused-ring (bicyclic) bond motifs is 1. The van der Waals surface area contributed by atoms with Gasteiger partial charge in [0.15, 0.2) is 0 Å². The molecule has 0 radical (unpaired) electrons. The number of aryl methyl sites for hydroxylation is 6. The summed E-state index contributed by atoms with van der Waals surface area (Å²) in [6.45, 7) is 13.7. The van der Waals surface area contributed by atoms with Crippen LogP contribution in [0.4, 0.5) is 0 Å². The van der Waals surface area contributed by atoms with Crippen molar-refractivity contribution in [1.29, 1.82) is 0 Å². The van der Waals surface area contributed by atoms with Gasteiger partial charge in [0.1, 0.15) is 0 Å². The molecule has 0 bridgehead atoms. The van der Waals surface area contributed by atoms with Crippen molar-refractivity contribution >= 4 is 34.7 Å². The first-order chi connectivity index (χ1) is 28.9. The predicted molar refractivity (Wildman–Crippen MR) is 261 cm³/mol. The fourth-order valence-corrected chi connectivity index (χ4v) is 62.1. The number of imidazole rings is 1. The van der Waals surface area contributed by atoms with Crippen LogP contribution in [0.5, 0.6) is 0 Å². The van der Waals surface area contributed by atoms with E-state index in [2.05, 4.69) is 148 Å². The van der Waals surface area contributed by atoms with Crippen molar-refractivity contribution in [2.45, 2.75) is 155 Å². The van der Waals surface area contributed by atoms with E-state index in [-0.39, 0.29) is 0 Å². The summed E-state index contributed by atoms with van der Waals surface area (Å²) >= 11 is 0. The van der Waals surface area contributed by atoms with Gasteiger partial charge < -0.3 is 0 Å². The average molecular weight is 948 g/mol. The quantitative estimate of drug-likeness (QED) is 0.114. The Bertz CT molecular complexity index is 2490. The van der Waals surface area contributed by atoms with E-state index in [0.717, 1.165) is 0 Å². The summed E-state index contributed by atoms with van der Waals surface area (Å²) in [7, 11) is 14.7. The van der Waals surface area contributed by atoms with E-state index in [1.165, 1.54) is 171 Å². The predicted octanol–water partition coefficient (Wildman–Crippen LogP) is 16.0. The van der Waals surface area contributed by atoms with E-state index in [9.17, 15) is 19.4 Å². The first-order valence-corrected chi connectivity index (χ1v) is 34.1. The Kier molecular flexibility index (Phi) is 11.9. The second kappa shape index (κ2) is 16.8. The second-order valence-electron chi connectivity index (χ2n) is 19.1. The minimum atomic E-state index is -5.32. The number of hydrogen-bond acceptors (Lipinski definition) is 0. The molecular weight excluding hydrogens is 880 g/mol. The van der Waals surface area contributed by atoms with Gasteiger partial charge in [0, 0.05) is 0 Å². The van der Waals surface area contributed by atoms with Crippen LogP contribution in [0.15, 0.2) is 97.3 Å². The molecule has 4 aromatic carbocycles. The van der Waals surface area contributed by atoms with Gasteiger partial charge in [-0.3, -0.25) is 0 Å². The summed E-state index contributed by atoms with van der Waals surface area (Å²) in [5, 5.41) is 0. The Hall–Kier alpha value is -2.67. The van der Waals surface area contributed by atoms with Gasteiger partial charge in [0.05, 0.1) is 0 Å².